The molecule has 1 unspecified atom stereocenters. The summed E-state index contributed by atoms with van der Waals surface area (Å²) >= 11 is 0. The normalized spacial score (nSPS) is 23.7. The molecule has 0 aromatic carbocycles. The molecule has 1 heterocycles. The molecule has 1 N–H and O–H groups in total. The molecular formula is C8H13F3N2O. The third-order valence-electron chi connectivity index (χ3n) is 2.36. The molecule has 0 aromatic heterocycles. The van der Waals surface area contributed by atoms with Crippen molar-refractivity contribution in [3.8, 4) is 0 Å². The number of rotatable bonds is 1. The molecule has 1 saturated heterocycles. The van der Waals surface area contributed by atoms with Gasteiger partial charge in [0.2, 0.25) is 0 Å². The van der Waals surface area contributed by atoms with Gasteiger partial charge in [0, 0.05) is 19.1 Å². The highest BCUT2D eigenvalue weighted by atomic mass is 19.4. The molecule has 0 radical (unpaired) electrons. The molecular weight excluding hydrogens is 197 g/mol. The number of halogens is 3. The van der Waals surface area contributed by atoms with Gasteiger partial charge in [0.05, 0.1) is 0 Å². The Labute approximate surface area is 80.3 Å². The maximum absolute atomic E-state index is 12.1. The highest BCUT2D eigenvalue weighted by Gasteiger charge is 2.43. The molecule has 0 saturated carbocycles. The van der Waals surface area contributed by atoms with E-state index in [-0.39, 0.29) is 19.1 Å². The molecule has 82 valence electrons. The summed E-state index contributed by atoms with van der Waals surface area (Å²) in [6.07, 6.45) is -3.30. The number of hydrogen-bond donors (Lipinski definition) is 1. The van der Waals surface area contributed by atoms with Gasteiger partial charge in [-0.25, -0.2) is 0 Å². The van der Waals surface area contributed by atoms with Gasteiger partial charge in [-0.05, 0) is 19.9 Å². The predicted molar refractivity (Wildman–Crippen MR) is 44.7 cm³/mol. The number of carbonyl (C=O) groups excluding carboxylic acids is 1. The Balaban J connectivity index is 2.56. The van der Waals surface area contributed by atoms with Crippen molar-refractivity contribution in [3.63, 3.8) is 0 Å². The van der Waals surface area contributed by atoms with E-state index in [1.165, 1.54) is 0 Å². The van der Waals surface area contributed by atoms with Crippen LogP contribution in [0.2, 0.25) is 0 Å². The Hall–Kier alpha value is -0.780. The number of carbonyl (C=O) groups is 1. The first kappa shape index (κ1) is 11.3. The van der Waals surface area contributed by atoms with Crippen LogP contribution < -0.4 is 5.32 Å². The first-order valence-corrected chi connectivity index (χ1v) is 4.48. The van der Waals surface area contributed by atoms with E-state index in [0.717, 1.165) is 11.3 Å². The minimum Gasteiger partial charge on any atom is -0.333 e. The Morgan fingerprint density at radius 1 is 1.50 bits per heavy atom. The van der Waals surface area contributed by atoms with E-state index >= 15 is 0 Å². The summed E-state index contributed by atoms with van der Waals surface area (Å²) in [5.41, 5.74) is 0. The highest BCUT2D eigenvalue weighted by Crippen LogP contribution is 2.21. The molecule has 0 aromatic rings. The minimum absolute atomic E-state index is 0.0185. The van der Waals surface area contributed by atoms with Crippen molar-refractivity contribution in [2.24, 2.45) is 0 Å². The zero-order valence-corrected chi connectivity index (χ0v) is 7.90. The van der Waals surface area contributed by atoms with Crippen molar-refractivity contribution in [1.82, 2.24) is 10.2 Å². The summed E-state index contributed by atoms with van der Waals surface area (Å²) in [6, 6.07) is -0.0185. The first-order chi connectivity index (χ1) is 6.45. The molecule has 1 amide bonds. The summed E-state index contributed by atoms with van der Waals surface area (Å²) in [5.74, 6) is -1.72. The number of piperidine rings is 1. The van der Waals surface area contributed by atoms with Gasteiger partial charge in [-0.1, -0.05) is 0 Å². The number of likely N-dealkylation sites (tertiary alicyclic amines) is 1. The van der Waals surface area contributed by atoms with Gasteiger partial charge in [-0.3, -0.25) is 4.79 Å². The summed E-state index contributed by atoms with van der Waals surface area (Å²) in [5, 5.41) is 2.88. The Morgan fingerprint density at radius 2 is 2.14 bits per heavy atom. The van der Waals surface area contributed by atoms with Crippen LogP contribution in [0.25, 0.3) is 0 Å². The summed E-state index contributed by atoms with van der Waals surface area (Å²) in [7, 11) is 1.69. The molecule has 1 atom stereocenters. The first-order valence-electron chi connectivity index (χ1n) is 4.48. The summed E-state index contributed by atoms with van der Waals surface area (Å²) < 4.78 is 36.2. The number of amides is 1. The van der Waals surface area contributed by atoms with Gasteiger partial charge in [0.25, 0.3) is 0 Å². The van der Waals surface area contributed by atoms with Crippen LogP contribution in [-0.4, -0.2) is 43.2 Å². The fourth-order valence-corrected chi connectivity index (χ4v) is 1.58. The zero-order valence-electron chi connectivity index (χ0n) is 7.90. The van der Waals surface area contributed by atoms with Gasteiger partial charge in [-0.15, -0.1) is 0 Å². The second-order valence-electron chi connectivity index (χ2n) is 3.38. The van der Waals surface area contributed by atoms with Crippen molar-refractivity contribution in [3.05, 3.63) is 0 Å². The third-order valence-corrected chi connectivity index (χ3v) is 2.36. The summed E-state index contributed by atoms with van der Waals surface area (Å²) in [4.78, 5) is 11.7. The molecule has 3 nitrogen and oxygen atoms in total. The van der Waals surface area contributed by atoms with E-state index in [1.807, 2.05) is 0 Å². The fourth-order valence-electron chi connectivity index (χ4n) is 1.58. The van der Waals surface area contributed by atoms with Crippen LogP contribution >= 0.6 is 0 Å². The molecule has 0 bridgehead atoms. The van der Waals surface area contributed by atoms with E-state index in [0.29, 0.717) is 6.42 Å². The molecule has 0 aliphatic carbocycles. The van der Waals surface area contributed by atoms with E-state index < -0.39 is 12.1 Å². The molecule has 1 aliphatic rings. The monoisotopic (exact) mass is 210 g/mol. The van der Waals surface area contributed by atoms with E-state index in [1.54, 1.807) is 7.05 Å². The van der Waals surface area contributed by atoms with Gasteiger partial charge in [0.15, 0.2) is 0 Å². The van der Waals surface area contributed by atoms with Crippen LogP contribution in [0.4, 0.5) is 13.2 Å². The number of nitrogens with one attached hydrogen (secondary N) is 1. The topological polar surface area (TPSA) is 32.3 Å². The lowest BCUT2D eigenvalue weighted by Gasteiger charge is -2.32. The SMILES string of the molecule is CNC1CCCN(C(=O)C(F)(F)F)C1. The lowest BCUT2D eigenvalue weighted by molar-refractivity contribution is -0.186. The van der Waals surface area contributed by atoms with Crippen molar-refractivity contribution in [2.75, 3.05) is 20.1 Å². The van der Waals surface area contributed by atoms with Crippen molar-refractivity contribution in [2.45, 2.75) is 25.1 Å². The van der Waals surface area contributed by atoms with Crippen LogP contribution in [0.15, 0.2) is 0 Å². The quantitative estimate of drug-likeness (QED) is 0.693. The van der Waals surface area contributed by atoms with Crippen LogP contribution in [0.1, 0.15) is 12.8 Å². The molecule has 1 fully saturated rings. The van der Waals surface area contributed by atoms with Crippen LogP contribution in [0.5, 0.6) is 0 Å². The molecule has 6 heteroatoms. The Kier molecular flexibility index (Phi) is 3.36. The molecule has 0 spiro atoms. The fraction of sp³-hybridized carbons (Fsp3) is 0.875. The van der Waals surface area contributed by atoms with Crippen LogP contribution in [-0.2, 0) is 4.79 Å². The zero-order chi connectivity index (χ0) is 10.8. The Bertz CT molecular complexity index is 217. The highest BCUT2D eigenvalue weighted by molar-refractivity contribution is 5.81. The minimum atomic E-state index is -4.74. The number of likely N-dealkylation sites (N-methyl/N-ethyl adjacent to an activating group) is 1. The molecule has 1 aliphatic heterocycles. The van der Waals surface area contributed by atoms with Gasteiger partial charge >= 0.3 is 12.1 Å². The Morgan fingerprint density at radius 3 is 2.64 bits per heavy atom. The van der Waals surface area contributed by atoms with Gasteiger partial charge < -0.3 is 10.2 Å². The third kappa shape index (κ3) is 2.60. The number of hydrogen-bond acceptors (Lipinski definition) is 2. The van der Waals surface area contributed by atoms with Gasteiger partial charge in [0.1, 0.15) is 0 Å². The largest absolute Gasteiger partial charge is 0.471 e. The average Bonchev–Trinajstić information content (AvgIpc) is 2.15. The standard InChI is InChI=1S/C8H13F3N2O/c1-12-6-3-2-4-13(5-6)7(14)8(9,10)11/h6,12H,2-5H2,1H3. The second-order valence-corrected chi connectivity index (χ2v) is 3.38. The lowest BCUT2D eigenvalue weighted by Crippen LogP contribution is -2.50. The van der Waals surface area contributed by atoms with Crippen LogP contribution in [0, 0.1) is 0 Å². The second kappa shape index (κ2) is 4.16. The van der Waals surface area contributed by atoms with Crippen LogP contribution in [0.3, 0.4) is 0 Å². The average molecular weight is 210 g/mol. The van der Waals surface area contributed by atoms with Crippen molar-refractivity contribution in [1.29, 1.82) is 0 Å². The maximum Gasteiger partial charge on any atom is 0.471 e. The predicted octanol–water partition coefficient (Wildman–Crippen LogP) is 0.759. The number of nitrogens with zero attached hydrogens (tertiary/aromatic N) is 1. The maximum atomic E-state index is 12.1. The van der Waals surface area contributed by atoms with E-state index in [4.69, 9.17) is 0 Å². The number of alkyl halides is 3. The lowest BCUT2D eigenvalue weighted by atomic mass is 10.1. The van der Waals surface area contributed by atoms with E-state index in [9.17, 15) is 18.0 Å². The molecule has 14 heavy (non-hydrogen) atoms. The van der Waals surface area contributed by atoms with Gasteiger partial charge in [-0.2, -0.15) is 13.2 Å². The summed E-state index contributed by atoms with van der Waals surface area (Å²) in [6.45, 7) is 0.353. The van der Waals surface area contributed by atoms with E-state index in [2.05, 4.69) is 5.32 Å². The molecule has 1 rings (SSSR count). The van der Waals surface area contributed by atoms with Crippen molar-refractivity contribution < 1.29 is 18.0 Å². The van der Waals surface area contributed by atoms with Crippen molar-refractivity contribution >= 4 is 5.91 Å². The smallest absolute Gasteiger partial charge is 0.333 e.